The minimum Gasteiger partial charge on any atom is -0.394 e. The Morgan fingerprint density at radius 1 is 1.43 bits per heavy atom. The molecule has 1 aromatic rings. The van der Waals surface area contributed by atoms with E-state index in [0.29, 0.717) is 5.56 Å². The first-order valence-electron chi connectivity index (χ1n) is 4.02. The summed E-state index contributed by atoms with van der Waals surface area (Å²) in [5.74, 6) is -0.328. The molecule has 0 spiro atoms. The molecule has 1 rings (SSSR count). The third kappa shape index (κ3) is 3.45. The van der Waals surface area contributed by atoms with E-state index in [9.17, 15) is 4.79 Å². The summed E-state index contributed by atoms with van der Waals surface area (Å²) in [5, 5.41) is 8.40. The van der Waals surface area contributed by atoms with Crippen LogP contribution < -0.4 is 5.48 Å². The van der Waals surface area contributed by atoms with E-state index in [1.165, 1.54) is 0 Å². The van der Waals surface area contributed by atoms with Crippen molar-refractivity contribution >= 4 is 21.8 Å². The molecule has 0 aliphatic carbocycles. The molecule has 76 valence electrons. The topological polar surface area (TPSA) is 58.6 Å². The number of hydrogen-bond donors (Lipinski definition) is 2. The number of hydroxylamine groups is 1. The Bertz CT molecular complexity index is 299. The smallest absolute Gasteiger partial charge is 0.274 e. The highest BCUT2D eigenvalue weighted by Gasteiger charge is 2.03. The molecule has 0 radical (unpaired) electrons. The van der Waals surface area contributed by atoms with E-state index in [4.69, 9.17) is 5.11 Å². The molecule has 2 N–H and O–H groups in total. The van der Waals surface area contributed by atoms with Crippen LogP contribution in [-0.2, 0) is 4.84 Å². The van der Waals surface area contributed by atoms with Gasteiger partial charge in [-0.2, -0.15) is 0 Å². The minimum atomic E-state index is -0.328. The van der Waals surface area contributed by atoms with Gasteiger partial charge in [-0.25, -0.2) is 5.48 Å². The molecule has 0 aliphatic heterocycles. The van der Waals surface area contributed by atoms with Crippen LogP contribution in [-0.4, -0.2) is 24.2 Å². The molecular formula is C9H10BrNO3. The maximum absolute atomic E-state index is 11.3. The lowest BCUT2D eigenvalue weighted by Crippen LogP contribution is -2.24. The number of aliphatic hydroxyl groups is 1. The number of aliphatic hydroxyl groups excluding tert-OH is 1. The standard InChI is InChI=1S/C9H10BrNO3/c10-8-3-1-7(2-4-8)9(13)11-14-6-5-12/h1-4,12H,5-6H2,(H,11,13). The summed E-state index contributed by atoms with van der Waals surface area (Å²) in [7, 11) is 0. The lowest BCUT2D eigenvalue weighted by Gasteiger charge is -2.03. The zero-order valence-corrected chi connectivity index (χ0v) is 8.95. The summed E-state index contributed by atoms with van der Waals surface area (Å²) >= 11 is 3.26. The van der Waals surface area contributed by atoms with Gasteiger partial charge in [-0.05, 0) is 24.3 Å². The van der Waals surface area contributed by atoms with Crippen molar-refractivity contribution in [2.75, 3.05) is 13.2 Å². The summed E-state index contributed by atoms with van der Waals surface area (Å²) in [4.78, 5) is 16.0. The van der Waals surface area contributed by atoms with Gasteiger partial charge in [-0.3, -0.25) is 9.63 Å². The summed E-state index contributed by atoms with van der Waals surface area (Å²) < 4.78 is 0.908. The molecule has 0 fully saturated rings. The first-order valence-corrected chi connectivity index (χ1v) is 4.82. The molecule has 1 amide bonds. The molecule has 0 aliphatic rings. The van der Waals surface area contributed by atoms with Crippen LogP contribution in [0.2, 0.25) is 0 Å². The second-order valence-electron chi connectivity index (χ2n) is 2.51. The van der Waals surface area contributed by atoms with E-state index < -0.39 is 0 Å². The SMILES string of the molecule is O=C(NOCCO)c1ccc(Br)cc1. The molecule has 0 aromatic heterocycles. The van der Waals surface area contributed by atoms with Crippen molar-refractivity contribution < 1.29 is 14.7 Å². The first-order chi connectivity index (χ1) is 6.74. The number of carbonyl (C=O) groups excluding carboxylic acids is 1. The second-order valence-corrected chi connectivity index (χ2v) is 3.43. The number of halogens is 1. The van der Waals surface area contributed by atoms with Gasteiger partial charge < -0.3 is 5.11 Å². The third-order valence-electron chi connectivity index (χ3n) is 1.46. The monoisotopic (exact) mass is 259 g/mol. The van der Waals surface area contributed by atoms with E-state index in [1.807, 2.05) is 0 Å². The van der Waals surface area contributed by atoms with Crippen LogP contribution in [0.25, 0.3) is 0 Å². The van der Waals surface area contributed by atoms with Gasteiger partial charge in [0.2, 0.25) is 0 Å². The van der Waals surface area contributed by atoms with Crippen molar-refractivity contribution in [3.05, 3.63) is 34.3 Å². The highest BCUT2D eigenvalue weighted by molar-refractivity contribution is 9.10. The van der Waals surface area contributed by atoms with Crippen molar-refractivity contribution in [3.8, 4) is 0 Å². The minimum absolute atomic E-state index is 0.0856. The van der Waals surface area contributed by atoms with Gasteiger partial charge >= 0.3 is 0 Å². The third-order valence-corrected chi connectivity index (χ3v) is 1.99. The molecule has 0 saturated carbocycles. The molecule has 5 heteroatoms. The molecule has 0 atom stereocenters. The van der Waals surface area contributed by atoms with Crippen molar-refractivity contribution in [1.82, 2.24) is 5.48 Å². The number of amides is 1. The van der Waals surface area contributed by atoms with Gasteiger partial charge in [0.25, 0.3) is 5.91 Å². The predicted molar refractivity (Wildman–Crippen MR) is 54.6 cm³/mol. The number of nitrogens with one attached hydrogen (secondary N) is 1. The Morgan fingerprint density at radius 2 is 2.07 bits per heavy atom. The van der Waals surface area contributed by atoms with Crippen LogP contribution in [0.15, 0.2) is 28.7 Å². The van der Waals surface area contributed by atoms with E-state index in [2.05, 4.69) is 26.2 Å². The van der Waals surface area contributed by atoms with Crippen molar-refractivity contribution in [3.63, 3.8) is 0 Å². The van der Waals surface area contributed by atoms with E-state index in [1.54, 1.807) is 24.3 Å². The van der Waals surface area contributed by atoms with Crippen LogP contribution in [0.3, 0.4) is 0 Å². The molecule has 0 bridgehead atoms. The fraction of sp³-hybridized carbons (Fsp3) is 0.222. The van der Waals surface area contributed by atoms with Gasteiger partial charge in [-0.1, -0.05) is 15.9 Å². The summed E-state index contributed by atoms with van der Waals surface area (Å²) in [6.07, 6.45) is 0. The number of benzene rings is 1. The van der Waals surface area contributed by atoms with Crippen molar-refractivity contribution in [1.29, 1.82) is 0 Å². The quantitative estimate of drug-likeness (QED) is 0.629. The van der Waals surface area contributed by atoms with Gasteiger partial charge in [0.15, 0.2) is 0 Å². The fourth-order valence-electron chi connectivity index (χ4n) is 0.822. The highest BCUT2D eigenvalue weighted by Crippen LogP contribution is 2.10. The highest BCUT2D eigenvalue weighted by atomic mass is 79.9. The Balaban J connectivity index is 2.48. The van der Waals surface area contributed by atoms with Crippen LogP contribution >= 0.6 is 15.9 Å². The molecule has 0 unspecified atom stereocenters. The van der Waals surface area contributed by atoms with Crippen LogP contribution in [0.1, 0.15) is 10.4 Å². The van der Waals surface area contributed by atoms with E-state index >= 15 is 0 Å². The maximum atomic E-state index is 11.3. The molecule has 1 aromatic carbocycles. The lowest BCUT2D eigenvalue weighted by molar-refractivity contribution is 0.0168. The molecular weight excluding hydrogens is 250 g/mol. The number of carbonyl (C=O) groups is 1. The lowest BCUT2D eigenvalue weighted by atomic mass is 10.2. The Labute approximate surface area is 90.0 Å². The number of hydrogen-bond acceptors (Lipinski definition) is 3. The Hall–Kier alpha value is -0.910. The predicted octanol–water partition coefficient (Wildman–Crippen LogP) is 1.10. The van der Waals surface area contributed by atoms with Crippen LogP contribution in [0.5, 0.6) is 0 Å². The molecule has 4 nitrogen and oxygen atoms in total. The van der Waals surface area contributed by atoms with Gasteiger partial charge in [0.05, 0.1) is 13.2 Å². The fourth-order valence-corrected chi connectivity index (χ4v) is 1.09. The summed E-state index contributed by atoms with van der Waals surface area (Å²) in [5.41, 5.74) is 2.71. The average Bonchev–Trinajstić information content (AvgIpc) is 2.19. The maximum Gasteiger partial charge on any atom is 0.274 e. The first kappa shape index (κ1) is 11.2. The number of rotatable bonds is 4. The second kappa shape index (κ2) is 5.74. The van der Waals surface area contributed by atoms with Crippen molar-refractivity contribution in [2.24, 2.45) is 0 Å². The summed E-state index contributed by atoms with van der Waals surface area (Å²) in [6.45, 7) is -0.0388. The molecule has 0 heterocycles. The Morgan fingerprint density at radius 3 is 2.64 bits per heavy atom. The zero-order chi connectivity index (χ0) is 10.4. The van der Waals surface area contributed by atoms with Crippen molar-refractivity contribution in [2.45, 2.75) is 0 Å². The normalized spacial score (nSPS) is 9.86. The zero-order valence-electron chi connectivity index (χ0n) is 7.37. The van der Waals surface area contributed by atoms with E-state index in [0.717, 1.165) is 4.47 Å². The van der Waals surface area contributed by atoms with Gasteiger partial charge in [-0.15, -0.1) is 0 Å². The van der Waals surface area contributed by atoms with Gasteiger partial charge in [0.1, 0.15) is 0 Å². The average molecular weight is 260 g/mol. The van der Waals surface area contributed by atoms with E-state index in [-0.39, 0.29) is 19.1 Å². The molecule has 0 saturated heterocycles. The largest absolute Gasteiger partial charge is 0.394 e. The summed E-state index contributed by atoms with van der Waals surface area (Å²) in [6, 6.07) is 6.87. The Kier molecular flexibility index (Phi) is 4.58. The van der Waals surface area contributed by atoms with Crippen LogP contribution in [0, 0.1) is 0 Å². The molecule has 14 heavy (non-hydrogen) atoms. The van der Waals surface area contributed by atoms with Crippen LogP contribution in [0.4, 0.5) is 0 Å². The van der Waals surface area contributed by atoms with Gasteiger partial charge in [0, 0.05) is 10.0 Å².